The summed E-state index contributed by atoms with van der Waals surface area (Å²) in [6, 6.07) is 16.5. The summed E-state index contributed by atoms with van der Waals surface area (Å²) < 4.78 is 6.17. The number of hydrogen-bond donors (Lipinski definition) is 0. The molecule has 21 heavy (non-hydrogen) atoms. The smallest absolute Gasteiger partial charge is 0.0991 e. The molecule has 3 rings (SSSR count). The molecular weight excluding hydrogens is 258 g/mol. The molecule has 2 aromatic carbocycles. The number of rotatable bonds is 3. The molecule has 0 amide bonds. The second-order valence-electron chi connectivity index (χ2n) is 5.64. The molecule has 2 aromatic rings. The van der Waals surface area contributed by atoms with Crippen molar-refractivity contribution in [2.75, 3.05) is 0 Å². The van der Waals surface area contributed by atoms with Crippen LogP contribution in [0.15, 0.2) is 42.5 Å². The Morgan fingerprint density at radius 3 is 2.90 bits per heavy atom. The highest BCUT2D eigenvalue weighted by Gasteiger charge is 2.20. The van der Waals surface area contributed by atoms with Gasteiger partial charge in [-0.05, 0) is 60.6 Å². The van der Waals surface area contributed by atoms with E-state index in [1.165, 1.54) is 17.5 Å². The first-order valence-electron chi connectivity index (χ1n) is 7.47. The minimum Gasteiger partial charge on any atom is -0.369 e. The van der Waals surface area contributed by atoms with E-state index in [9.17, 15) is 0 Å². The van der Waals surface area contributed by atoms with Crippen LogP contribution in [-0.4, -0.2) is 0 Å². The van der Waals surface area contributed by atoms with Gasteiger partial charge in [0.25, 0.3) is 0 Å². The van der Waals surface area contributed by atoms with Crippen LogP contribution in [0.5, 0.6) is 0 Å². The normalized spacial score (nSPS) is 17.0. The average Bonchev–Trinajstić information content (AvgIpc) is 2.53. The van der Waals surface area contributed by atoms with Crippen LogP contribution in [0.2, 0.25) is 0 Å². The van der Waals surface area contributed by atoms with E-state index in [-0.39, 0.29) is 6.10 Å². The molecular formula is C19H19NO. The Hall–Kier alpha value is -2.11. The van der Waals surface area contributed by atoms with E-state index in [4.69, 9.17) is 10.00 Å². The lowest BCUT2D eigenvalue weighted by atomic mass is 9.89. The number of fused-ring (bicyclic) bond motifs is 1. The highest BCUT2D eigenvalue weighted by atomic mass is 16.5. The maximum Gasteiger partial charge on any atom is 0.0991 e. The van der Waals surface area contributed by atoms with Gasteiger partial charge in [-0.3, -0.25) is 0 Å². The lowest BCUT2D eigenvalue weighted by Crippen LogP contribution is -2.13. The molecule has 0 aliphatic heterocycles. The zero-order valence-corrected chi connectivity index (χ0v) is 12.3. The van der Waals surface area contributed by atoms with Crippen molar-refractivity contribution in [3.8, 4) is 6.07 Å². The van der Waals surface area contributed by atoms with Gasteiger partial charge in [-0.15, -0.1) is 0 Å². The number of hydrogen-bond acceptors (Lipinski definition) is 2. The van der Waals surface area contributed by atoms with Crippen molar-refractivity contribution in [3.63, 3.8) is 0 Å². The largest absolute Gasteiger partial charge is 0.369 e. The molecule has 2 heteroatoms. The summed E-state index contributed by atoms with van der Waals surface area (Å²) in [5.74, 6) is 0. The number of benzene rings is 2. The van der Waals surface area contributed by atoms with Crippen LogP contribution in [-0.2, 0) is 17.8 Å². The van der Waals surface area contributed by atoms with Crippen molar-refractivity contribution >= 4 is 0 Å². The van der Waals surface area contributed by atoms with Crippen molar-refractivity contribution in [3.05, 3.63) is 70.3 Å². The highest BCUT2D eigenvalue weighted by Crippen LogP contribution is 2.33. The average molecular weight is 277 g/mol. The second-order valence-corrected chi connectivity index (χ2v) is 5.64. The minimum atomic E-state index is 0.199. The van der Waals surface area contributed by atoms with E-state index >= 15 is 0 Å². The molecule has 1 atom stereocenters. The maximum atomic E-state index is 8.91. The molecule has 106 valence electrons. The molecule has 1 aliphatic carbocycles. The van der Waals surface area contributed by atoms with Gasteiger partial charge >= 0.3 is 0 Å². The third-order valence-corrected chi connectivity index (χ3v) is 4.23. The Kier molecular flexibility index (Phi) is 4.03. The van der Waals surface area contributed by atoms with Crippen molar-refractivity contribution in [2.45, 2.75) is 38.9 Å². The topological polar surface area (TPSA) is 33.0 Å². The first kappa shape index (κ1) is 13.9. The van der Waals surface area contributed by atoms with Gasteiger partial charge in [-0.25, -0.2) is 0 Å². The van der Waals surface area contributed by atoms with Gasteiger partial charge < -0.3 is 4.74 Å². The summed E-state index contributed by atoms with van der Waals surface area (Å²) in [5.41, 5.74) is 5.76. The first-order chi connectivity index (χ1) is 10.3. The third kappa shape index (κ3) is 2.99. The maximum absolute atomic E-state index is 8.91. The lowest BCUT2D eigenvalue weighted by molar-refractivity contribution is 0.0280. The summed E-state index contributed by atoms with van der Waals surface area (Å²) >= 11 is 0. The van der Waals surface area contributed by atoms with Crippen LogP contribution in [0.3, 0.4) is 0 Å². The highest BCUT2D eigenvalue weighted by molar-refractivity contribution is 5.37. The molecule has 0 saturated carbocycles. The first-order valence-corrected chi connectivity index (χ1v) is 7.47. The molecule has 0 saturated heterocycles. The van der Waals surface area contributed by atoms with E-state index in [0.717, 1.165) is 24.0 Å². The molecule has 0 bridgehead atoms. The predicted octanol–water partition coefficient (Wildman–Crippen LogP) is 4.46. The quantitative estimate of drug-likeness (QED) is 0.829. The number of ether oxygens (including phenoxy) is 1. The van der Waals surface area contributed by atoms with Crippen LogP contribution in [0, 0.1) is 18.3 Å². The second kappa shape index (κ2) is 6.11. The summed E-state index contributed by atoms with van der Waals surface area (Å²) in [5, 5.41) is 8.91. The van der Waals surface area contributed by atoms with Gasteiger partial charge in [-0.1, -0.05) is 30.3 Å². The Labute approximate surface area is 126 Å². The van der Waals surface area contributed by atoms with Crippen molar-refractivity contribution in [1.82, 2.24) is 0 Å². The molecule has 0 N–H and O–H groups in total. The zero-order valence-electron chi connectivity index (χ0n) is 12.3. The van der Waals surface area contributed by atoms with Crippen LogP contribution >= 0.6 is 0 Å². The molecule has 0 aromatic heterocycles. The SMILES string of the molecule is Cc1cc(C#N)ccc1COC1CCCc2ccccc21. The predicted molar refractivity (Wildman–Crippen MR) is 82.8 cm³/mol. The van der Waals surface area contributed by atoms with Crippen LogP contribution in [0.4, 0.5) is 0 Å². The summed E-state index contributed by atoms with van der Waals surface area (Å²) in [4.78, 5) is 0. The minimum absolute atomic E-state index is 0.199. The third-order valence-electron chi connectivity index (χ3n) is 4.23. The fourth-order valence-corrected chi connectivity index (χ4v) is 3.00. The molecule has 0 fully saturated rings. The van der Waals surface area contributed by atoms with Crippen LogP contribution in [0.25, 0.3) is 0 Å². The Bertz CT molecular complexity index is 684. The van der Waals surface area contributed by atoms with Gasteiger partial charge in [-0.2, -0.15) is 5.26 Å². The molecule has 2 nitrogen and oxygen atoms in total. The van der Waals surface area contributed by atoms with Crippen molar-refractivity contribution in [1.29, 1.82) is 5.26 Å². The van der Waals surface area contributed by atoms with E-state index in [2.05, 4.69) is 30.3 Å². The molecule has 1 unspecified atom stereocenters. The standard InChI is InChI=1S/C19H19NO/c1-14-11-15(12-20)9-10-17(14)13-21-19-8-4-6-16-5-2-3-7-18(16)19/h2-3,5,7,9-11,19H,4,6,8,13H2,1H3. The number of nitriles is 1. The number of nitrogens with zero attached hydrogens (tertiary/aromatic N) is 1. The number of aryl methyl sites for hydroxylation is 2. The van der Waals surface area contributed by atoms with E-state index in [1.807, 2.05) is 25.1 Å². The monoisotopic (exact) mass is 277 g/mol. The van der Waals surface area contributed by atoms with Crippen LogP contribution < -0.4 is 0 Å². The van der Waals surface area contributed by atoms with Gasteiger partial charge in [0, 0.05) is 0 Å². The van der Waals surface area contributed by atoms with Gasteiger partial charge in [0.05, 0.1) is 24.3 Å². The van der Waals surface area contributed by atoms with E-state index < -0.39 is 0 Å². The molecule has 0 radical (unpaired) electrons. The van der Waals surface area contributed by atoms with Crippen LogP contribution in [0.1, 0.15) is 46.8 Å². The van der Waals surface area contributed by atoms with Gasteiger partial charge in [0.2, 0.25) is 0 Å². The van der Waals surface area contributed by atoms with Crippen molar-refractivity contribution < 1.29 is 4.74 Å². The Balaban J connectivity index is 1.73. The lowest BCUT2D eigenvalue weighted by Gasteiger charge is -2.26. The molecule has 0 spiro atoms. The molecule has 1 aliphatic rings. The van der Waals surface area contributed by atoms with Gasteiger partial charge in [0.1, 0.15) is 0 Å². The van der Waals surface area contributed by atoms with Crippen molar-refractivity contribution in [2.24, 2.45) is 0 Å². The fraction of sp³-hybridized carbons (Fsp3) is 0.316. The van der Waals surface area contributed by atoms with E-state index in [0.29, 0.717) is 12.2 Å². The fourth-order valence-electron chi connectivity index (χ4n) is 3.00. The summed E-state index contributed by atoms with van der Waals surface area (Å²) in [7, 11) is 0. The Morgan fingerprint density at radius 1 is 1.24 bits per heavy atom. The van der Waals surface area contributed by atoms with E-state index in [1.54, 1.807) is 0 Å². The molecule has 0 heterocycles. The van der Waals surface area contributed by atoms with Gasteiger partial charge in [0.15, 0.2) is 0 Å². The Morgan fingerprint density at radius 2 is 2.10 bits per heavy atom. The zero-order chi connectivity index (χ0) is 14.7. The summed E-state index contributed by atoms with van der Waals surface area (Å²) in [6.07, 6.45) is 3.64. The summed E-state index contributed by atoms with van der Waals surface area (Å²) in [6.45, 7) is 2.64.